The average Bonchev–Trinajstić information content (AvgIpc) is 3.43. The maximum Gasteiger partial charge on any atom is 0.164 e. The van der Waals surface area contributed by atoms with E-state index in [2.05, 4.69) is 36.8 Å². The topological polar surface area (TPSA) is 151 Å². The van der Waals surface area contributed by atoms with E-state index in [9.17, 15) is 10.2 Å². The van der Waals surface area contributed by atoms with Gasteiger partial charge >= 0.3 is 0 Å². The molecule has 0 aliphatic heterocycles. The van der Waals surface area contributed by atoms with E-state index in [-0.39, 0.29) is 6.61 Å². The number of nitriles is 1. The van der Waals surface area contributed by atoms with Crippen LogP contribution in [0.25, 0.3) is 22.5 Å². The summed E-state index contributed by atoms with van der Waals surface area (Å²) >= 11 is 0. The Morgan fingerprint density at radius 3 is 2.62 bits per heavy atom. The van der Waals surface area contributed by atoms with Crippen LogP contribution in [0.5, 0.6) is 0 Å². The third kappa shape index (κ3) is 5.03. The molecule has 4 aromatic rings. The maximum atomic E-state index is 10.00. The number of aliphatic hydroxyl groups is 2. The lowest BCUT2D eigenvalue weighted by Crippen LogP contribution is -2.35. The Kier molecular flexibility index (Phi) is 6.03. The van der Waals surface area contributed by atoms with Gasteiger partial charge in [-0.05, 0) is 46.6 Å². The molecule has 4 heterocycles. The first-order valence-corrected chi connectivity index (χ1v) is 10.9. The second-order valence-electron chi connectivity index (χ2n) is 9.50. The summed E-state index contributed by atoms with van der Waals surface area (Å²) in [5.74, 6) is 0.509. The molecule has 11 heteroatoms. The molecule has 0 saturated carbocycles. The first-order chi connectivity index (χ1) is 16.1. The SMILES string of the molecule is CC(C)(O)CCc1cn(-c2cnc(-n3ncc4cc(C#N)cnc43)cc2NC(C)(C)CO)nn1. The molecule has 0 saturated heterocycles. The number of nitrogens with one attached hydrogen (secondary N) is 1. The third-order valence-corrected chi connectivity index (χ3v) is 5.27. The van der Waals surface area contributed by atoms with Crippen molar-refractivity contribution < 1.29 is 10.2 Å². The molecule has 3 N–H and O–H groups in total. The number of aromatic nitrogens is 7. The van der Waals surface area contributed by atoms with Gasteiger partial charge in [-0.25, -0.2) is 14.6 Å². The van der Waals surface area contributed by atoms with Gasteiger partial charge in [0, 0.05) is 17.6 Å². The molecule has 0 aliphatic rings. The lowest BCUT2D eigenvalue weighted by molar-refractivity contribution is 0.0711. The predicted octanol–water partition coefficient (Wildman–Crippen LogP) is 2.15. The lowest BCUT2D eigenvalue weighted by atomic mass is 10.0. The highest BCUT2D eigenvalue weighted by Crippen LogP contribution is 2.26. The third-order valence-electron chi connectivity index (χ3n) is 5.27. The van der Waals surface area contributed by atoms with Crippen LogP contribution in [0.3, 0.4) is 0 Å². The van der Waals surface area contributed by atoms with Gasteiger partial charge in [0.15, 0.2) is 11.5 Å². The number of pyridine rings is 2. The molecule has 0 amide bonds. The molecule has 4 rings (SSSR count). The van der Waals surface area contributed by atoms with Gasteiger partial charge in [0.1, 0.15) is 11.8 Å². The van der Waals surface area contributed by atoms with Gasteiger partial charge in [-0.1, -0.05) is 5.21 Å². The summed E-state index contributed by atoms with van der Waals surface area (Å²) in [6.07, 6.45) is 7.71. The Morgan fingerprint density at radius 1 is 1.12 bits per heavy atom. The first-order valence-electron chi connectivity index (χ1n) is 10.9. The van der Waals surface area contributed by atoms with Crippen molar-refractivity contribution in [3.63, 3.8) is 0 Å². The van der Waals surface area contributed by atoms with E-state index in [0.717, 1.165) is 11.1 Å². The molecular weight excluding hydrogens is 434 g/mol. The van der Waals surface area contributed by atoms with Crippen molar-refractivity contribution in [1.29, 1.82) is 5.26 Å². The summed E-state index contributed by atoms with van der Waals surface area (Å²) in [5, 5.41) is 45.9. The Bertz CT molecular complexity index is 1360. The highest BCUT2D eigenvalue weighted by Gasteiger charge is 2.21. The minimum Gasteiger partial charge on any atom is -0.394 e. The number of fused-ring (bicyclic) bond motifs is 1. The Hall–Kier alpha value is -3.88. The first kappa shape index (κ1) is 23.3. The number of hydrogen-bond acceptors (Lipinski definition) is 9. The van der Waals surface area contributed by atoms with Gasteiger partial charge in [0.05, 0.1) is 53.3 Å². The van der Waals surface area contributed by atoms with Crippen LogP contribution in [-0.4, -0.2) is 62.7 Å². The van der Waals surface area contributed by atoms with Crippen molar-refractivity contribution in [2.45, 2.75) is 51.7 Å². The van der Waals surface area contributed by atoms with Crippen LogP contribution in [-0.2, 0) is 6.42 Å². The van der Waals surface area contributed by atoms with Crippen molar-refractivity contribution in [1.82, 2.24) is 34.7 Å². The molecule has 0 fully saturated rings. The molecule has 11 nitrogen and oxygen atoms in total. The Labute approximate surface area is 196 Å². The van der Waals surface area contributed by atoms with Crippen molar-refractivity contribution in [3.05, 3.63) is 48.2 Å². The second kappa shape index (κ2) is 8.81. The van der Waals surface area contributed by atoms with Gasteiger partial charge in [-0.2, -0.15) is 15.0 Å². The smallest absolute Gasteiger partial charge is 0.164 e. The van der Waals surface area contributed by atoms with Crippen molar-refractivity contribution >= 4 is 16.7 Å². The Morgan fingerprint density at radius 2 is 1.91 bits per heavy atom. The molecule has 0 radical (unpaired) electrons. The summed E-state index contributed by atoms with van der Waals surface area (Å²) in [4.78, 5) is 8.93. The zero-order chi connectivity index (χ0) is 24.5. The fourth-order valence-electron chi connectivity index (χ4n) is 3.35. The van der Waals surface area contributed by atoms with Crippen molar-refractivity contribution in [2.24, 2.45) is 0 Å². The molecule has 0 atom stereocenters. The minimum absolute atomic E-state index is 0.0958. The van der Waals surface area contributed by atoms with E-state index in [0.29, 0.717) is 41.2 Å². The number of hydrogen-bond donors (Lipinski definition) is 3. The molecule has 0 bridgehead atoms. The van der Waals surface area contributed by atoms with Gasteiger partial charge in [0.25, 0.3) is 0 Å². The maximum absolute atomic E-state index is 10.00. The molecule has 4 aromatic heterocycles. The molecule has 176 valence electrons. The molecule has 0 aromatic carbocycles. The van der Waals surface area contributed by atoms with Crippen LogP contribution in [0, 0.1) is 11.3 Å². The van der Waals surface area contributed by atoms with E-state index < -0.39 is 11.1 Å². The van der Waals surface area contributed by atoms with E-state index in [1.54, 1.807) is 53.9 Å². The minimum atomic E-state index is -0.792. The van der Waals surface area contributed by atoms with Crippen LogP contribution >= 0.6 is 0 Å². The van der Waals surface area contributed by atoms with Crippen LogP contribution in [0.1, 0.15) is 45.4 Å². The highest BCUT2D eigenvalue weighted by atomic mass is 16.3. The molecular formula is C23H27N9O2. The number of anilines is 1. The van der Waals surface area contributed by atoms with Crippen LogP contribution in [0.2, 0.25) is 0 Å². The number of aryl methyl sites for hydroxylation is 1. The van der Waals surface area contributed by atoms with Crippen LogP contribution in [0.4, 0.5) is 5.69 Å². The number of nitrogens with zero attached hydrogens (tertiary/aromatic N) is 8. The monoisotopic (exact) mass is 461 g/mol. The summed E-state index contributed by atoms with van der Waals surface area (Å²) < 4.78 is 3.21. The number of aliphatic hydroxyl groups excluding tert-OH is 1. The summed E-state index contributed by atoms with van der Waals surface area (Å²) in [5.41, 5.74) is 1.66. The summed E-state index contributed by atoms with van der Waals surface area (Å²) in [7, 11) is 0. The summed E-state index contributed by atoms with van der Waals surface area (Å²) in [6.45, 7) is 7.17. The number of rotatable bonds is 8. The zero-order valence-corrected chi connectivity index (χ0v) is 19.6. The molecule has 34 heavy (non-hydrogen) atoms. The van der Waals surface area contributed by atoms with Gasteiger partial charge in [0.2, 0.25) is 0 Å². The van der Waals surface area contributed by atoms with Gasteiger partial charge in [-0.15, -0.1) is 5.10 Å². The predicted molar refractivity (Wildman–Crippen MR) is 126 cm³/mol. The van der Waals surface area contributed by atoms with Gasteiger partial charge < -0.3 is 15.5 Å². The highest BCUT2D eigenvalue weighted by molar-refractivity contribution is 5.77. The quantitative estimate of drug-likeness (QED) is 0.358. The van der Waals surface area contributed by atoms with E-state index >= 15 is 0 Å². The van der Waals surface area contributed by atoms with Crippen LogP contribution < -0.4 is 5.32 Å². The molecule has 0 unspecified atom stereocenters. The largest absolute Gasteiger partial charge is 0.394 e. The normalized spacial score (nSPS) is 12.1. The van der Waals surface area contributed by atoms with E-state index in [4.69, 9.17) is 5.26 Å². The van der Waals surface area contributed by atoms with Crippen molar-refractivity contribution in [2.75, 3.05) is 11.9 Å². The molecule has 0 aliphatic carbocycles. The fraction of sp³-hybridized carbons (Fsp3) is 0.391. The van der Waals surface area contributed by atoms with E-state index in [1.807, 2.05) is 13.8 Å². The second-order valence-corrected chi connectivity index (χ2v) is 9.50. The van der Waals surface area contributed by atoms with Crippen LogP contribution in [0.15, 0.2) is 36.9 Å². The standard InChI is InChI=1S/C23H27N9O2/c1-22(2,14-33)28-18-8-20(32-21-16(11-27-32)7-15(9-24)10-26-21)25-12-19(18)31-13-17(29-30-31)5-6-23(3,4)34/h7-8,10-13,33-34H,5-6,14H2,1-4H3,(H,25,28). The zero-order valence-electron chi connectivity index (χ0n) is 19.6. The average molecular weight is 462 g/mol. The van der Waals surface area contributed by atoms with Crippen molar-refractivity contribution in [3.8, 4) is 17.6 Å². The fourth-order valence-corrected chi connectivity index (χ4v) is 3.35. The lowest BCUT2D eigenvalue weighted by Gasteiger charge is -2.26. The Balaban J connectivity index is 1.74. The summed E-state index contributed by atoms with van der Waals surface area (Å²) in [6, 6.07) is 5.60. The van der Waals surface area contributed by atoms with Gasteiger partial charge in [-0.3, -0.25) is 0 Å². The molecule has 0 spiro atoms. The van der Waals surface area contributed by atoms with E-state index in [1.165, 1.54) is 6.20 Å².